The Bertz CT molecular complexity index is 958. The van der Waals surface area contributed by atoms with Crippen molar-refractivity contribution in [2.24, 2.45) is 0 Å². The highest BCUT2D eigenvalue weighted by Crippen LogP contribution is 2.26. The van der Waals surface area contributed by atoms with E-state index in [0.29, 0.717) is 0 Å². The minimum atomic E-state index is 0.809. The summed E-state index contributed by atoms with van der Waals surface area (Å²) < 4.78 is 8.00. The van der Waals surface area contributed by atoms with Crippen molar-refractivity contribution in [3.8, 4) is 17.2 Å². The van der Waals surface area contributed by atoms with E-state index in [-0.39, 0.29) is 0 Å². The molecule has 23 heavy (non-hydrogen) atoms. The van der Waals surface area contributed by atoms with Crippen molar-refractivity contribution in [1.29, 1.82) is 0 Å². The van der Waals surface area contributed by atoms with Crippen LogP contribution < -0.4 is 4.74 Å². The molecule has 0 unspecified atom stereocenters. The molecule has 0 amide bonds. The maximum Gasteiger partial charge on any atom is 0.129 e. The number of imidazole rings is 1. The zero-order chi connectivity index (χ0) is 15.6. The van der Waals surface area contributed by atoms with Crippen molar-refractivity contribution in [1.82, 2.24) is 9.55 Å². The summed E-state index contributed by atoms with van der Waals surface area (Å²) in [6.07, 6.45) is 1.86. The predicted molar refractivity (Wildman–Crippen MR) is 92.3 cm³/mol. The standard InChI is InChI=1S/C20H16N2O/c1-15-7-5-12-19-20(15)21-14-22(19)16-8-6-11-18(13-16)23-17-9-3-2-4-10-17/h2-14H,1H3. The Balaban J connectivity index is 1.74. The van der Waals surface area contributed by atoms with Crippen molar-refractivity contribution < 1.29 is 4.74 Å². The van der Waals surface area contributed by atoms with E-state index in [1.165, 1.54) is 5.56 Å². The lowest BCUT2D eigenvalue weighted by Gasteiger charge is -2.09. The van der Waals surface area contributed by atoms with E-state index in [1.54, 1.807) is 0 Å². The van der Waals surface area contributed by atoms with Crippen LogP contribution in [0.2, 0.25) is 0 Å². The molecule has 0 radical (unpaired) electrons. The van der Waals surface area contributed by atoms with Crippen LogP contribution in [0.4, 0.5) is 0 Å². The maximum absolute atomic E-state index is 5.92. The highest BCUT2D eigenvalue weighted by Gasteiger charge is 2.07. The first-order valence-corrected chi connectivity index (χ1v) is 7.57. The van der Waals surface area contributed by atoms with Gasteiger partial charge in [0.1, 0.15) is 17.8 Å². The summed E-state index contributed by atoms with van der Waals surface area (Å²) in [6.45, 7) is 2.08. The van der Waals surface area contributed by atoms with E-state index in [1.807, 2.05) is 54.9 Å². The van der Waals surface area contributed by atoms with Gasteiger partial charge in [-0.25, -0.2) is 4.98 Å². The maximum atomic E-state index is 5.92. The Labute approximate surface area is 134 Å². The van der Waals surface area contributed by atoms with E-state index >= 15 is 0 Å². The zero-order valence-corrected chi connectivity index (χ0v) is 12.8. The van der Waals surface area contributed by atoms with E-state index in [4.69, 9.17) is 4.74 Å². The van der Waals surface area contributed by atoms with E-state index in [2.05, 4.69) is 40.7 Å². The predicted octanol–water partition coefficient (Wildman–Crippen LogP) is 5.13. The monoisotopic (exact) mass is 300 g/mol. The molecular weight excluding hydrogens is 284 g/mol. The van der Waals surface area contributed by atoms with Gasteiger partial charge in [-0.3, -0.25) is 4.57 Å². The molecule has 0 aliphatic heterocycles. The van der Waals surface area contributed by atoms with Gasteiger partial charge >= 0.3 is 0 Å². The quantitative estimate of drug-likeness (QED) is 0.524. The molecule has 1 aromatic heterocycles. The topological polar surface area (TPSA) is 27.1 Å². The molecule has 0 atom stereocenters. The van der Waals surface area contributed by atoms with Gasteiger partial charge in [0, 0.05) is 6.07 Å². The zero-order valence-electron chi connectivity index (χ0n) is 12.8. The summed E-state index contributed by atoms with van der Waals surface area (Å²) in [5, 5.41) is 0. The van der Waals surface area contributed by atoms with Gasteiger partial charge < -0.3 is 4.74 Å². The van der Waals surface area contributed by atoms with Gasteiger partial charge in [-0.05, 0) is 42.8 Å². The Morgan fingerprint density at radius 2 is 1.61 bits per heavy atom. The van der Waals surface area contributed by atoms with Crippen LogP contribution in [0, 0.1) is 6.92 Å². The number of ether oxygens (including phenoxy) is 1. The summed E-state index contributed by atoms with van der Waals surface area (Å²) in [5.74, 6) is 1.64. The van der Waals surface area contributed by atoms with Crippen molar-refractivity contribution >= 4 is 11.0 Å². The lowest BCUT2D eigenvalue weighted by Crippen LogP contribution is -1.93. The number of hydrogen-bond acceptors (Lipinski definition) is 2. The largest absolute Gasteiger partial charge is 0.457 e. The van der Waals surface area contributed by atoms with Crippen molar-refractivity contribution in [3.05, 3.63) is 84.7 Å². The molecule has 3 nitrogen and oxygen atoms in total. The van der Waals surface area contributed by atoms with Crippen LogP contribution in [0.25, 0.3) is 16.7 Å². The van der Waals surface area contributed by atoms with Crippen molar-refractivity contribution in [3.63, 3.8) is 0 Å². The fourth-order valence-corrected chi connectivity index (χ4v) is 2.71. The van der Waals surface area contributed by atoms with E-state index < -0.39 is 0 Å². The first kappa shape index (κ1) is 13.6. The van der Waals surface area contributed by atoms with Crippen LogP contribution in [0.1, 0.15) is 5.56 Å². The molecule has 0 fully saturated rings. The van der Waals surface area contributed by atoms with Crippen LogP contribution in [0.5, 0.6) is 11.5 Å². The van der Waals surface area contributed by atoms with Crippen LogP contribution in [0.15, 0.2) is 79.1 Å². The Kier molecular flexibility index (Phi) is 3.31. The van der Waals surface area contributed by atoms with Crippen LogP contribution in [0.3, 0.4) is 0 Å². The second-order valence-corrected chi connectivity index (χ2v) is 5.47. The third kappa shape index (κ3) is 2.57. The average molecular weight is 300 g/mol. The number of para-hydroxylation sites is 2. The summed E-state index contributed by atoms with van der Waals surface area (Å²) in [4.78, 5) is 4.53. The van der Waals surface area contributed by atoms with Crippen LogP contribution >= 0.6 is 0 Å². The first-order chi connectivity index (χ1) is 11.3. The second kappa shape index (κ2) is 5.61. The average Bonchev–Trinajstić information content (AvgIpc) is 3.02. The molecule has 112 valence electrons. The molecule has 3 aromatic carbocycles. The number of hydrogen-bond donors (Lipinski definition) is 0. The number of nitrogens with zero attached hydrogens (tertiary/aromatic N) is 2. The smallest absolute Gasteiger partial charge is 0.129 e. The van der Waals surface area contributed by atoms with Crippen LogP contribution in [-0.4, -0.2) is 9.55 Å². The van der Waals surface area contributed by atoms with Gasteiger partial charge in [-0.1, -0.05) is 36.4 Å². The molecule has 0 N–H and O–H groups in total. The van der Waals surface area contributed by atoms with E-state index in [9.17, 15) is 0 Å². The second-order valence-electron chi connectivity index (χ2n) is 5.47. The third-order valence-electron chi connectivity index (χ3n) is 3.85. The fourth-order valence-electron chi connectivity index (χ4n) is 2.71. The van der Waals surface area contributed by atoms with Crippen LogP contribution in [-0.2, 0) is 0 Å². The van der Waals surface area contributed by atoms with Crippen molar-refractivity contribution in [2.45, 2.75) is 6.92 Å². The number of aromatic nitrogens is 2. The van der Waals surface area contributed by atoms with Gasteiger partial charge in [0.05, 0.1) is 16.7 Å². The summed E-state index contributed by atoms with van der Waals surface area (Å²) in [5.41, 5.74) is 4.34. The molecular formula is C20H16N2O. The SMILES string of the molecule is Cc1cccc2c1ncn2-c1cccc(Oc2ccccc2)c1. The molecule has 0 saturated carbocycles. The summed E-state index contributed by atoms with van der Waals surface area (Å²) >= 11 is 0. The number of fused-ring (bicyclic) bond motifs is 1. The molecule has 4 aromatic rings. The molecule has 3 heteroatoms. The molecule has 1 heterocycles. The number of rotatable bonds is 3. The Morgan fingerprint density at radius 1 is 0.826 bits per heavy atom. The highest BCUT2D eigenvalue weighted by atomic mass is 16.5. The number of aryl methyl sites for hydroxylation is 1. The molecule has 0 spiro atoms. The van der Waals surface area contributed by atoms with E-state index in [0.717, 1.165) is 28.2 Å². The molecule has 4 rings (SSSR count). The normalized spacial score (nSPS) is 10.8. The summed E-state index contributed by atoms with van der Waals surface area (Å²) in [6, 6.07) is 24.0. The first-order valence-electron chi connectivity index (χ1n) is 7.57. The van der Waals surface area contributed by atoms with Gasteiger partial charge in [0.25, 0.3) is 0 Å². The Hall–Kier alpha value is -3.07. The molecule has 0 bridgehead atoms. The summed E-state index contributed by atoms with van der Waals surface area (Å²) in [7, 11) is 0. The van der Waals surface area contributed by atoms with Gasteiger partial charge in [-0.2, -0.15) is 0 Å². The minimum Gasteiger partial charge on any atom is -0.457 e. The highest BCUT2D eigenvalue weighted by molar-refractivity contribution is 5.80. The molecule has 0 saturated heterocycles. The lowest BCUT2D eigenvalue weighted by molar-refractivity contribution is 0.482. The minimum absolute atomic E-state index is 0.809. The lowest BCUT2D eigenvalue weighted by atomic mass is 10.2. The van der Waals surface area contributed by atoms with Gasteiger partial charge in [0.15, 0.2) is 0 Å². The van der Waals surface area contributed by atoms with Gasteiger partial charge in [-0.15, -0.1) is 0 Å². The molecule has 0 aliphatic rings. The Morgan fingerprint density at radius 3 is 2.48 bits per heavy atom. The molecule has 0 aliphatic carbocycles. The number of benzene rings is 3. The fraction of sp³-hybridized carbons (Fsp3) is 0.0500. The van der Waals surface area contributed by atoms with Crippen molar-refractivity contribution in [2.75, 3.05) is 0 Å². The third-order valence-corrected chi connectivity index (χ3v) is 3.85. The van der Waals surface area contributed by atoms with Gasteiger partial charge in [0.2, 0.25) is 0 Å².